The number of halogens is 1. The molecule has 1 saturated heterocycles. The van der Waals surface area contributed by atoms with Gasteiger partial charge in [0, 0.05) is 6.54 Å². The summed E-state index contributed by atoms with van der Waals surface area (Å²) in [6.45, 7) is 3.86. The maximum Gasteiger partial charge on any atom is 0.310 e. The summed E-state index contributed by atoms with van der Waals surface area (Å²) in [6, 6.07) is 3.75. The Morgan fingerprint density at radius 2 is 2.44 bits per heavy atom. The van der Waals surface area contributed by atoms with Crippen molar-refractivity contribution < 1.29 is 14.3 Å². The van der Waals surface area contributed by atoms with Gasteiger partial charge in [0.2, 0.25) is 0 Å². The summed E-state index contributed by atoms with van der Waals surface area (Å²) >= 11 is 3.25. The highest BCUT2D eigenvalue weighted by Gasteiger charge is 2.40. The largest absolute Gasteiger partial charge is 0.481 e. The van der Waals surface area contributed by atoms with E-state index in [9.17, 15) is 4.79 Å². The molecule has 0 bridgehead atoms. The highest BCUT2D eigenvalue weighted by atomic mass is 79.9. The second kappa shape index (κ2) is 4.22. The molecule has 0 aromatic carbocycles. The van der Waals surface area contributed by atoms with Crippen LogP contribution in [0.1, 0.15) is 19.1 Å². The van der Waals surface area contributed by atoms with Crippen LogP contribution >= 0.6 is 15.9 Å². The maximum absolute atomic E-state index is 11.1. The van der Waals surface area contributed by atoms with Gasteiger partial charge in [0.05, 0.1) is 12.0 Å². The van der Waals surface area contributed by atoms with Gasteiger partial charge in [-0.3, -0.25) is 9.69 Å². The Balaban J connectivity index is 1.97. The second-order valence-electron chi connectivity index (χ2n) is 4.53. The van der Waals surface area contributed by atoms with Gasteiger partial charge in [-0.25, -0.2) is 0 Å². The standard InChI is InChI=1S/C11H14BrNO3/c1-11(10(14)15)4-5-13(7-11)6-8-2-3-9(12)16-8/h2-3H,4-7H2,1H3,(H,14,15). The average molecular weight is 288 g/mol. The Kier molecular flexibility index (Phi) is 3.08. The lowest BCUT2D eigenvalue weighted by Crippen LogP contribution is -2.31. The summed E-state index contributed by atoms with van der Waals surface area (Å²) in [5.74, 6) is 0.150. The summed E-state index contributed by atoms with van der Waals surface area (Å²) in [4.78, 5) is 13.2. The van der Waals surface area contributed by atoms with Crippen molar-refractivity contribution in [1.29, 1.82) is 0 Å². The number of carboxylic acid groups (broad SMARTS) is 1. The SMILES string of the molecule is CC1(C(=O)O)CCN(Cc2ccc(Br)o2)C1. The number of hydrogen-bond donors (Lipinski definition) is 1. The van der Waals surface area contributed by atoms with Gasteiger partial charge in [-0.05, 0) is 48.0 Å². The van der Waals surface area contributed by atoms with Crippen LogP contribution < -0.4 is 0 Å². The number of carbonyl (C=O) groups is 1. The Morgan fingerprint density at radius 3 is 2.94 bits per heavy atom. The molecule has 88 valence electrons. The minimum Gasteiger partial charge on any atom is -0.481 e. The summed E-state index contributed by atoms with van der Waals surface area (Å²) in [7, 11) is 0. The maximum atomic E-state index is 11.1. The topological polar surface area (TPSA) is 53.7 Å². The zero-order valence-corrected chi connectivity index (χ0v) is 10.7. The monoisotopic (exact) mass is 287 g/mol. The fourth-order valence-corrected chi connectivity index (χ4v) is 2.36. The van der Waals surface area contributed by atoms with Crippen LogP contribution in [0.2, 0.25) is 0 Å². The summed E-state index contributed by atoms with van der Waals surface area (Å²) in [6.07, 6.45) is 0.699. The molecule has 1 atom stereocenters. The predicted molar refractivity (Wildman–Crippen MR) is 62.0 cm³/mol. The molecule has 5 heteroatoms. The van der Waals surface area contributed by atoms with E-state index in [0.717, 1.165) is 12.3 Å². The number of furan rings is 1. The molecule has 2 heterocycles. The van der Waals surface area contributed by atoms with Crippen molar-refractivity contribution in [2.75, 3.05) is 13.1 Å². The minimum absolute atomic E-state index is 0.584. The van der Waals surface area contributed by atoms with Crippen molar-refractivity contribution in [2.24, 2.45) is 5.41 Å². The number of likely N-dealkylation sites (tertiary alicyclic amines) is 1. The van der Waals surface area contributed by atoms with Crippen LogP contribution in [0, 0.1) is 5.41 Å². The van der Waals surface area contributed by atoms with Gasteiger partial charge in [-0.15, -0.1) is 0 Å². The minimum atomic E-state index is -0.712. The van der Waals surface area contributed by atoms with Crippen molar-refractivity contribution in [3.8, 4) is 0 Å². The Bertz CT molecular complexity index is 404. The quantitative estimate of drug-likeness (QED) is 0.927. The first-order chi connectivity index (χ1) is 7.49. The van der Waals surface area contributed by atoms with E-state index in [1.54, 1.807) is 6.92 Å². The summed E-state index contributed by atoms with van der Waals surface area (Å²) < 4.78 is 6.11. The zero-order chi connectivity index (χ0) is 11.8. The van der Waals surface area contributed by atoms with Crippen molar-refractivity contribution >= 4 is 21.9 Å². The van der Waals surface area contributed by atoms with Crippen molar-refractivity contribution in [3.63, 3.8) is 0 Å². The highest BCUT2D eigenvalue weighted by Crippen LogP contribution is 2.31. The molecule has 2 rings (SSSR count). The van der Waals surface area contributed by atoms with Crippen LogP contribution in [0.15, 0.2) is 21.2 Å². The lowest BCUT2D eigenvalue weighted by Gasteiger charge is -2.19. The molecule has 0 aliphatic carbocycles. The fourth-order valence-electron chi connectivity index (χ4n) is 2.02. The predicted octanol–water partition coefficient (Wildman–Crippen LogP) is 2.34. The van der Waals surface area contributed by atoms with E-state index in [-0.39, 0.29) is 0 Å². The van der Waals surface area contributed by atoms with Crippen LogP contribution in [-0.4, -0.2) is 29.1 Å². The van der Waals surface area contributed by atoms with E-state index in [0.29, 0.717) is 24.2 Å². The Morgan fingerprint density at radius 1 is 1.69 bits per heavy atom. The lowest BCUT2D eigenvalue weighted by molar-refractivity contribution is -0.147. The van der Waals surface area contributed by atoms with E-state index in [4.69, 9.17) is 9.52 Å². The first-order valence-corrected chi connectivity index (χ1v) is 5.99. The normalized spacial score (nSPS) is 26.1. The summed E-state index contributed by atoms with van der Waals surface area (Å²) in [5.41, 5.74) is -0.607. The van der Waals surface area contributed by atoms with Gasteiger partial charge >= 0.3 is 5.97 Å². The van der Waals surface area contributed by atoms with Crippen LogP contribution in [-0.2, 0) is 11.3 Å². The second-order valence-corrected chi connectivity index (χ2v) is 5.31. The van der Waals surface area contributed by atoms with Crippen molar-refractivity contribution in [1.82, 2.24) is 4.90 Å². The molecule has 0 amide bonds. The van der Waals surface area contributed by atoms with E-state index < -0.39 is 11.4 Å². The molecule has 1 aromatic heterocycles. The first-order valence-electron chi connectivity index (χ1n) is 5.19. The molecular weight excluding hydrogens is 274 g/mol. The van der Waals surface area contributed by atoms with Gasteiger partial charge in [0.15, 0.2) is 4.67 Å². The lowest BCUT2D eigenvalue weighted by atomic mass is 9.90. The third-order valence-corrected chi connectivity index (χ3v) is 3.50. The summed E-state index contributed by atoms with van der Waals surface area (Å²) in [5, 5.41) is 9.10. The molecule has 1 aromatic rings. The van der Waals surface area contributed by atoms with Crippen LogP contribution in [0.25, 0.3) is 0 Å². The van der Waals surface area contributed by atoms with Gasteiger partial charge in [-0.1, -0.05) is 0 Å². The number of aliphatic carboxylic acids is 1. The molecule has 0 spiro atoms. The van der Waals surface area contributed by atoms with E-state index >= 15 is 0 Å². The number of nitrogens with zero attached hydrogens (tertiary/aromatic N) is 1. The highest BCUT2D eigenvalue weighted by molar-refractivity contribution is 9.10. The van der Waals surface area contributed by atoms with Crippen LogP contribution in [0.3, 0.4) is 0 Å². The molecule has 1 fully saturated rings. The molecule has 0 saturated carbocycles. The van der Waals surface area contributed by atoms with Gasteiger partial charge in [-0.2, -0.15) is 0 Å². The number of rotatable bonds is 3. The van der Waals surface area contributed by atoms with Crippen LogP contribution in [0.4, 0.5) is 0 Å². The Hall–Kier alpha value is -0.810. The molecule has 16 heavy (non-hydrogen) atoms. The van der Waals surface area contributed by atoms with E-state index in [1.807, 2.05) is 12.1 Å². The third kappa shape index (κ3) is 2.30. The molecule has 1 aliphatic rings. The number of hydrogen-bond acceptors (Lipinski definition) is 3. The van der Waals surface area contributed by atoms with E-state index in [2.05, 4.69) is 20.8 Å². The molecule has 1 unspecified atom stereocenters. The molecule has 4 nitrogen and oxygen atoms in total. The van der Waals surface area contributed by atoms with Crippen molar-refractivity contribution in [2.45, 2.75) is 19.9 Å². The van der Waals surface area contributed by atoms with Gasteiger partial charge < -0.3 is 9.52 Å². The van der Waals surface area contributed by atoms with Gasteiger partial charge in [0.25, 0.3) is 0 Å². The molecular formula is C11H14BrNO3. The number of carboxylic acids is 1. The fraction of sp³-hybridized carbons (Fsp3) is 0.545. The molecule has 1 N–H and O–H groups in total. The van der Waals surface area contributed by atoms with E-state index in [1.165, 1.54) is 0 Å². The van der Waals surface area contributed by atoms with Crippen molar-refractivity contribution in [3.05, 3.63) is 22.6 Å². The molecule has 1 aliphatic heterocycles. The van der Waals surface area contributed by atoms with Crippen LogP contribution in [0.5, 0.6) is 0 Å². The third-order valence-electron chi connectivity index (χ3n) is 3.08. The Labute approximate surface area is 102 Å². The zero-order valence-electron chi connectivity index (χ0n) is 9.07. The average Bonchev–Trinajstić information content (AvgIpc) is 2.75. The molecule has 0 radical (unpaired) electrons. The first kappa shape index (κ1) is 11.7. The van der Waals surface area contributed by atoms with Gasteiger partial charge in [0.1, 0.15) is 5.76 Å². The smallest absolute Gasteiger partial charge is 0.310 e.